The average molecular weight is 102 g/mol. The van der Waals surface area contributed by atoms with Crippen LogP contribution in [0.25, 0.3) is 0 Å². The molecule has 0 unspecified atom stereocenters. The van der Waals surface area contributed by atoms with Crippen LogP contribution in [0.5, 0.6) is 0 Å². The van der Waals surface area contributed by atoms with Gasteiger partial charge in [-0.2, -0.15) is 4.39 Å². The van der Waals surface area contributed by atoms with E-state index >= 15 is 0 Å². The number of carbonyl (C=O) groups is 1. The molecular weight excluding hydrogens is 95.1 g/mol. The van der Waals surface area contributed by atoms with Gasteiger partial charge < -0.3 is 0 Å². The van der Waals surface area contributed by atoms with Gasteiger partial charge in [-0.15, -0.1) is 0 Å². The van der Waals surface area contributed by atoms with Gasteiger partial charge in [0.05, 0.1) is 0 Å². The Morgan fingerprint density at radius 1 is 1.86 bits per heavy atom. The molecule has 2 heteroatoms. The van der Waals surface area contributed by atoms with Crippen LogP contribution in [0.1, 0.15) is 13.3 Å². The summed E-state index contributed by atoms with van der Waals surface area (Å²) in [6.45, 7) is 1.83. The molecule has 0 aliphatic rings. The second-order valence-corrected chi connectivity index (χ2v) is 1.11. The molecule has 0 aromatic heterocycles. The molecule has 40 valence electrons. The van der Waals surface area contributed by atoms with Crippen LogP contribution in [-0.2, 0) is 4.79 Å². The van der Waals surface area contributed by atoms with Crippen molar-refractivity contribution in [2.24, 2.45) is 0 Å². The molecule has 7 heavy (non-hydrogen) atoms. The molecule has 0 radical (unpaired) electrons. The number of carbonyl (C=O) groups excluding carboxylic acids is 1. The third-order valence-corrected chi connectivity index (χ3v) is 0.485. The Bertz CT molecular complexity index is 86.1. The Hall–Kier alpha value is -0.660. The van der Waals surface area contributed by atoms with E-state index in [-0.39, 0.29) is 0 Å². The van der Waals surface area contributed by atoms with Crippen LogP contribution in [0.15, 0.2) is 12.2 Å². The van der Waals surface area contributed by atoms with Gasteiger partial charge in [0.15, 0.2) is 0 Å². The van der Waals surface area contributed by atoms with Crippen LogP contribution in [-0.4, -0.2) is 6.04 Å². The minimum atomic E-state index is -1.37. The van der Waals surface area contributed by atoms with E-state index in [0.29, 0.717) is 6.42 Å². The van der Waals surface area contributed by atoms with Gasteiger partial charge >= 0.3 is 6.04 Å². The predicted octanol–water partition coefficient (Wildman–Crippen LogP) is 1.45. The summed E-state index contributed by atoms with van der Waals surface area (Å²) in [6, 6.07) is -1.37. The van der Waals surface area contributed by atoms with Crippen molar-refractivity contribution < 1.29 is 9.18 Å². The molecule has 0 bridgehead atoms. The average Bonchev–Trinajstić information content (AvgIpc) is 1.61. The van der Waals surface area contributed by atoms with Crippen molar-refractivity contribution in [3.8, 4) is 0 Å². The van der Waals surface area contributed by atoms with Gasteiger partial charge in [0.25, 0.3) is 0 Å². The number of hydrogen-bond acceptors (Lipinski definition) is 1. The largest absolute Gasteiger partial charge is 0.324 e. The first kappa shape index (κ1) is 6.34. The Balaban J connectivity index is 3.26. The molecule has 0 atom stereocenters. The molecule has 0 saturated heterocycles. The lowest BCUT2D eigenvalue weighted by molar-refractivity contribution is -0.124. The minimum absolute atomic E-state index is 0.704. The minimum Gasteiger partial charge on any atom is -0.256 e. The van der Waals surface area contributed by atoms with Crippen molar-refractivity contribution >= 4 is 6.04 Å². The monoisotopic (exact) mass is 102 g/mol. The predicted molar refractivity (Wildman–Crippen MR) is 25.5 cm³/mol. The normalized spacial score (nSPS) is 10.0. The van der Waals surface area contributed by atoms with Crippen molar-refractivity contribution in [2.75, 3.05) is 0 Å². The van der Waals surface area contributed by atoms with Crippen LogP contribution >= 0.6 is 0 Å². The zero-order chi connectivity index (χ0) is 5.70. The molecule has 0 amide bonds. The van der Waals surface area contributed by atoms with Crippen LogP contribution in [0.3, 0.4) is 0 Å². The van der Waals surface area contributed by atoms with Gasteiger partial charge in [-0.3, -0.25) is 4.79 Å². The van der Waals surface area contributed by atoms with Crippen molar-refractivity contribution in [3.63, 3.8) is 0 Å². The highest BCUT2D eigenvalue weighted by Crippen LogP contribution is 1.80. The topological polar surface area (TPSA) is 17.1 Å². The maximum atomic E-state index is 11.2. The zero-order valence-corrected chi connectivity index (χ0v) is 4.15. The lowest BCUT2D eigenvalue weighted by atomic mass is 10.4. The van der Waals surface area contributed by atoms with E-state index in [1.165, 1.54) is 6.08 Å². The molecule has 0 N–H and O–H groups in total. The first-order valence-corrected chi connectivity index (χ1v) is 2.13. The molecule has 0 aromatic carbocycles. The second-order valence-electron chi connectivity index (χ2n) is 1.11. The smallest absolute Gasteiger partial charge is 0.256 e. The van der Waals surface area contributed by atoms with Crippen LogP contribution in [0.4, 0.5) is 4.39 Å². The summed E-state index contributed by atoms with van der Waals surface area (Å²) in [5.41, 5.74) is 0. The Morgan fingerprint density at radius 3 is 2.57 bits per heavy atom. The van der Waals surface area contributed by atoms with Crippen LogP contribution in [0.2, 0.25) is 0 Å². The number of allylic oxidation sites excluding steroid dienone is 2. The van der Waals surface area contributed by atoms with E-state index in [9.17, 15) is 9.18 Å². The highest BCUT2D eigenvalue weighted by atomic mass is 19.1. The maximum Gasteiger partial charge on any atom is 0.324 e. The molecule has 0 aliphatic carbocycles. The quantitative estimate of drug-likeness (QED) is 0.381. The van der Waals surface area contributed by atoms with Gasteiger partial charge in [-0.25, -0.2) is 0 Å². The zero-order valence-electron chi connectivity index (χ0n) is 4.15. The summed E-state index contributed by atoms with van der Waals surface area (Å²) < 4.78 is 11.2. The lowest BCUT2D eigenvalue weighted by Crippen LogP contribution is -1.74. The van der Waals surface area contributed by atoms with E-state index in [4.69, 9.17) is 0 Å². The van der Waals surface area contributed by atoms with Crippen LogP contribution < -0.4 is 0 Å². The molecule has 0 rings (SSSR count). The molecule has 0 heterocycles. The van der Waals surface area contributed by atoms with E-state index in [1.807, 2.05) is 6.92 Å². The first-order chi connectivity index (χ1) is 3.27. The Labute approximate surface area is 41.8 Å². The fraction of sp³-hybridized carbons (Fsp3) is 0.400. The van der Waals surface area contributed by atoms with E-state index < -0.39 is 6.04 Å². The standard InChI is InChI=1S/C5H7FO/c1-2-3-4-5(6)7/h3-4H,2H2,1H3. The van der Waals surface area contributed by atoms with Gasteiger partial charge in [0.2, 0.25) is 0 Å². The molecule has 0 spiro atoms. The third-order valence-electron chi connectivity index (χ3n) is 0.485. The second kappa shape index (κ2) is 3.53. The summed E-state index contributed by atoms with van der Waals surface area (Å²) >= 11 is 0. The van der Waals surface area contributed by atoms with Gasteiger partial charge in [0, 0.05) is 6.08 Å². The van der Waals surface area contributed by atoms with E-state index in [2.05, 4.69) is 0 Å². The van der Waals surface area contributed by atoms with Gasteiger partial charge in [0.1, 0.15) is 0 Å². The van der Waals surface area contributed by atoms with Crippen molar-refractivity contribution in [3.05, 3.63) is 12.2 Å². The van der Waals surface area contributed by atoms with Crippen LogP contribution in [0, 0.1) is 0 Å². The maximum absolute atomic E-state index is 11.2. The summed E-state index contributed by atoms with van der Waals surface area (Å²) in [7, 11) is 0. The van der Waals surface area contributed by atoms with Crippen molar-refractivity contribution in [1.29, 1.82) is 0 Å². The number of hydrogen-bond donors (Lipinski definition) is 0. The molecule has 1 nitrogen and oxygen atoms in total. The van der Waals surface area contributed by atoms with Gasteiger partial charge in [-0.1, -0.05) is 13.0 Å². The molecular formula is C5H7FO. The molecule has 0 aliphatic heterocycles. The fourth-order valence-corrected chi connectivity index (χ4v) is 0.211. The fourth-order valence-electron chi connectivity index (χ4n) is 0.211. The summed E-state index contributed by atoms with van der Waals surface area (Å²) in [5, 5.41) is 0. The van der Waals surface area contributed by atoms with Crippen molar-refractivity contribution in [1.82, 2.24) is 0 Å². The Morgan fingerprint density at radius 2 is 2.43 bits per heavy atom. The highest BCUT2D eigenvalue weighted by Gasteiger charge is 1.81. The lowest BCUT2D eigenvalue weighted by Gasteiger charge is -1.70. The van der Waals surface area contributed by atoms with Crippen molar-refractivity contribution in [2.45, 2.75) is 13.3 Å². The van der Waals surface area contributed by atoms with Gasteiger partial charge in [-0.05, 0) is 6.42 Å². The summed E-state index contributed by atoms with van der Waals surface area (Å²) in [4.78, 5) is 9.45. The molecule has 0 fully saturated rings. The summed E-state index contributed by atoms with van der Waals surface area (Å²) in [5.74, 6) is 0. The number of rotatable bonds is 2. The van der Waals surface area contributed by atoms with E-state index in [0.717, 1.165) is 6.08 Å². The molecule has 0 saturated carbocycles. The number of halogens is 1. The third kappa shape index (κ3) is 5.34. The Kier molecular flexibility index (Phi) is 3.19. The van der Waals surface area contributed by atoms with E-state index in [1.54, 1.807) is 0 Å². The highest BCUT2D eigenvalue weighted by molar-refractivity contribution is 5.80. The SMILES string of the molecule is CCC=CC(=O)F. The first-order valence-electron chi connectivity index (χ1n) is 2.13. The molecule has 0 aromatic rings. The summed E-state index contributed by atoms with van der Waals surface area (Å²) in [6.07, 6.45) is 3.10.